The zero-order valence-electron chi connectivity index (χ0n) is 73.4. The van der Waals surface area contributed by atoms with Crippen LogP contribution in [0.4, 0.5) is 0 Å². The molecule has 0 bridgehead atoms. The van der Waals surface area contributed by atoms with E-state index in [9.17, 15) is 0 Å². The minimum absolute atomic E-state index is 1.06. The molecule has 0 radical (unpaired) electrons. The van der Waals surface area contributed by atoms with Gasteiger partial charge in [0.15, 0.2) is 35.7 Å². The second-order valence-electron chi connectivity index (χ2n) is 21.8. The van der Waals surface area contributed by atoms with Crippen LogP contribution < -0.4 is 23.2 Å². The molecule has 0 N–H and O–H groups in total. The molecule has 0 spiro atoms. The highest BCUT2D eigenvalue weighted by molar-refractivity contribution is 6.15. The molecule has 0 aliphatic rings. The van der Waals surface area contributed by atoms with Gasteiger partial charge >= 0.3 is 0 Å². The van der Waals surface area contributed by atoms with E-state index in [0.29, 0.717) is 0 Å². The van der Waals surface area contributed by atoms with Crippen molar-refractivity contribution < 1.29 is 23.2 Å². The quantitative estimate of drug-likeness (QED) is 0.129. The molecule has 16 nitrogen and oxygen atoms in total. The molecule has 9 aromatic heterocycles. The summed E-state index contributed by atoms with van der Waals surface area (Å²) in [6, 6.07) is 32.1. The number of para-hydroxylation sites is 2. The maximum atomic E-state index is 4.11. The molecule has 0 atom stereocenters. The number of aromatic nitrogens is 16. The van der Waals surface area contributed by atoms with Gasteiger partial charge in [-0.3, -0.25) is 9.97 Å². The van der Waals surface area contributed by atoms with Gasteiger partial charge in [0.05, 0.1) is 59.4 Å². The van der Waals surface area contributed by atoms with E-state index < -0.39 is 0 Å². The molecule has 578 valence electrons. The van der Waals surface area contributed by atoms with Crippen LogP contribution >= 0.6 is 0 Å². The van der Waals surface area contributed by atoms with Crippen molar-refractivity contribution in [3.05, 3.63) is 228 Å². The molecule has 5 aromatic carbocycles. The smallest absolute Gasteiger partial charge is 0.294 e. The maximum absolute atomic E-state index is 4.11. The number of aryl methyl sites for hydroxylation is 14. The summed E-state index contributed by atoms with van der Waals surface area (Å²) in [6.07, 6.45) is 26.9. The van der Waals surface area contributed by atoms with Crippen LogP contribution in [0, 0.1) is 62.3 Å². The molecule has 0 saturated carbocycles. The predicted octanol–water partition coefficient (Wildman–Crippen LogP) is 21.2. The Hall–Kier alpha value is -9.96. The Labute approximate surface area is 642 Å². The maximum Gasteiger partial charge on any atom is 0.294 e. The number of nitrogens with zero attached hydrogens (tertiary/aromatic N) is 16. The highest BCUT2D eigenvalue weighted by Crippen LogP contribution is 2.37. The van der Waals surface area contributed by atoms with Crippen LogP contribution in [0.1, 0.15) is 202 Å². The molecular formula is C90H143N16+5. The van der Waals surface area contributed by atoms with Gasteiger partial charge < -0.3 is 4.57 Å². The van der Waals surface area contributed by atoms with Crippen LogP contribution in [0.25, 0.3) is 77.6 Å². The van der Waals surface area contributed by atoms with Gasteiger partial charge in [0.1, 0.15) is 30.3 Å². The standard InChI is InChI=1S/C21H23N2.C19H20N3.C10H12N3.2C9H11N4.11C2H6/c1-12-8-7-9-17-18(12)21-22(6)10-11-23(21)20-16(5)14(3)13(2)15(4)19(17)20;1-13-11-18-16(14-7-5-6-8-17(14)22(18)4)12-15(13)19-20(2)9-10-21(19)3;1-9-5-3-4-6-10(9)13-8-7-11-12(13)2;1-8-7-10-4-3-9(8)13-6-5-11-12(13)2;1-8-3-4-10-7-9(8)13-6-5-11-12(13)2;11*1-2/h7-11H,1-6H3;5-12H,1-4H3;3-8H,1-2H3;2*3-7H,1-2H3;11*1-2H3/q5*+1;;;;;;;;;;;. The fraction of sp³-hybridized carbons (Fsp3) is 0.422. The molecule has 16 heteroatoms. The van der Waals surface area contributed by atoms with Crippen LogP contribution in [-0.4, -0.2) is 53.2 Å². The Bertz CT molecular complexity index is 4500. The predicted molar refractivity (Wildman–Crippen MR) is 457 cm³/mol. The fourth-order valence-electron chi connectivity index (χ4n) is 11.5. The summed E-state index contributed by atoms with van der Waals surface area (Å²) >= 11 is 0. The summed E-state index contributed by atoms with van der Waals surface area (Å²) in [4.78, 5) is 13.5. The average Bonchev–Trinajstić information content (AvgIpc) is 1.03. The van der Waals surface area contributed by atoms with Crippen molar-refractivity contribution in [2.45, 2.75) is 215 Å². The van der Waals surface area contributed by atoms with Gasteiger partial charge in [-0.25, -0.2) is 13.7 Å². The number of imidazole rings is 2. The Morgan fingerprint density at radius 3 is 1.26 bits per heavy atom. The lowest BCUT2D eigenvalue weighted by atomic mass is 9.91. The third-order valence-corrected chi connectivity index (χ3v) is 16.5. The van der Waals surface area contributed by atoms with Crippen molar-refractivity contribution >= 4 is 49.1 Å². The first-order valence-electron chi connectivity index (χ1n) is 39.2. The second kappa shape index (κ2) is 52.9. The fourth-order valence-corrected chi connectivity index (χ4v) is 11.5. The average molecular weight is 1450 g/mol. The van der Waals surface area contributed by atoms with Crippen LogP contribution in [0.5, 0.6) is 0 Å². The van der Waals surface area contributed by atoms with Gasteiger partial charge in [-0.15, -0.1) is 14.0 Å². The van der Waals surface area contributed by atoms with Crippen molar-refractivity contribution in [1.29, 1.82) is 0 Å². The van der Waals surface area contributed by atoms with E-state index in [1.807, 2.05) is 254 Å². The normalized spacial score (nSPS) is 9.42. The van der Waals surface area contributed by atoms with Crippen LogP contribution in [0.3, 0.4) is 0 Å². The lowest BCUT2D eigenvalue weighted by molar-refractivity contribution is -0.688. The molecular weight excluding hydrogens is 1310 g/mol. The molecule has 106 heavy (non-hydrogen) atoms. The molecule has 0 fully saturated rings. The largest absolute Gasteiger partial charge is 0.344 e. The first kappa shape index (κ1) is 98.1. The molecule has 0 aliphatic heterocycles. The summed E-state index contributed by atoms with van der Waals surface area (Å²) in [7, 11) is 14.2. The van der Waals surface area contributed by atoms with E-state index in [4.69, 9.17) is 0 Å². The number of benzene rings is 5. The van der Waals surface area contributed by atoms with Crippen molar-refractivity contribution in [3.8, 4) is 28.5 Å². The molecule has 9 heterocycles. The highest BCUT2D eigenvalue weighted by atomic mass is 15.5. The van der Waals surface area contributed by atoms with E-state index in [2.05, 4.69) is 223 Å². The van der Waals surface area contributed by atoms with Gasteiger partial charge in [0, 0.05) is 96.3 Å². The van der Waals surface area contributed by atoms with E-state index in [0.717, 1.165) is 16.9 Å². The molecule has 0 amide bonds. The number of pyridine rings is 3. The number of rotatable bonds is 4. The van der Waals surface area contributed by atoms with Crippen LogP contribution in [0.2, 0.25) is 0 Å². The first-order valence-corrected chi connectivity index (χ1v) is 39.2. The highest BCUT2D eigenvalue weighted by Gasteiger charge is 2.24. The van der Waals surface area contributed by atoms with Gasteiger partial charge in [-0.1, -0.05) is 207 Å². The summed E-state index contributed by atoms with van der Waals surface area (Å²) in [5, 5.41) is 19.1. The molecule has 14 aromatic rings. The lowest BCUT2D eigenvalue weighted by Crippen LogP contribution is -2.40. The topological polar surface area (TPSA) is 113 Å². The zero-order chi connectivity index (χ0) is 81.7. The zero-order valence-corrected chi connectivity index (χ0v) is 73.4. The third kappa shape index (κ3) is 24.0. The summed E-state index contributed by atoms with van der Waals surface area (Å²) in [5.74, 6) is 1.23. The molecule has 14 rings (SSSR count). The SMILES string of the molecule is CC.CC.CC.CC.CC.CC.CC.CC.CC.CC.CC.Cc1c(C)c(C)c2c(c1C)c1cccc(C)c1c1n2cc[n+]1C.Cc1cc2c(cc1-c1n(C)cc[n+]1C)c1ccccc1n2C.Cc1ccccc1-[n+]1ccnn1C.Cc1ccncc1-[n+]1ccnn1C.Cc1cnccc1-[n+]1ccnn1C. The van der Waals surface area contributed by atoms with E-state index in [1.165, 1.54) is 111 Å². The van der Waals surface area contributed by atoms with Crippen molar-refractivity contribution in [3.63, 3.8) is 0 Å². The monoisotopic (exact) mass is 1450 g/mol. The van der Waals surface area contributed by atoms with Crippen molar-refractivity contribution in [2.75, 3.05) is 0 Å². The van der Waals surface area contributed by atoms with Crippen LogP contribution in [-0.2, 0) is 49.3 Å². The molecule has 0 aliphatic carbocycles. The van der Waals surface area contributed by atoms with Crippen molar-refractivity contribution in [2.24, 2.45) is 49.3 Å². The second-order valence-corrected chi connectivity index (χ2v) is 21.8. The van der Waals surface area contributed by atoms with E-state index in [1.54, 1.807) is 40.6 Å². The number of fused-ring (bicyclic) bond motifs is 9. The van der Waals surface area contributed by atoms with Gasteiger partial charge in [-0.2, -0.15) is 4.40 Å². The number of hydrogen-bond acceptors (Lipinski definition) is 5. The Morgan fingerprint density at radius 2 is 0.774 bits per heavy atom. The van der Waals surface area contributed by atoms with Gasteiger partial charge in [-0.05, 0) is 140 Å². The van der Waals surface area contributed by atoms with Crippen LogP contribution in [0.15, 0.2) is 178 Å². The van der Waals surface area contributed by atoms with Gasteiger partial charge in [0.2, 0.25) is 18.6 Å². The summed E-state index contributed by atoms with van der Waals surface area (Å²) < 4.78 is 17.2. The summed E-state index contributed by atoms with van der Waals surface area (Å²) in [5.41, 5.74) is 21.6. The van der Waals surface area contributed by atoms with E-state index >= 15 is 0 Å². The Morgan fingerprint density at radius 1 is 0.330 bits per heavy atom. The molecule has 0 saturated heterocycles. The minimum atomic E-state index is 1.06. The van der Waals surface area contributed by atoms with Crippen molar-refractivity contribution in [1.82, 2.24) is 53.2 Å². The lowest BCUT2D eigenvalue weighted by Gasteiger charge is -2.15. The Balaban J connectivity index is 0. The molecule has 0 unspecified atom stereocenters. The first-order chi connectivity index (χ1) is 51.4. The number of hydrogen-bond donors (Lipinski definition) is 0. The van der Waals surface area contributed by atoms with E-state index in [-0.39, 0.29) is 0 Å². The minimum Gasteiger partial charge on any atom is -0.344 e. The third-order valence-electron chi connectivity index (χ3n) is 16.5. The Kier molecular flexibility index (Phi) is 49.0. The van der Waals surface area contributed by atoms with Gasteiger partial charge in [0.25, 0.3) is 11.5 Å². The summed E-state index contributed by atoms with van der Waals surface area (Å²) in [6.45, 7) is 63.6.